The lowest BCUT2D eigenvalue weighted by atomic mass is 10.0. The normalized spacial score (nSPS) is 19.0. The molecule has 0 amide bonds. The third kappa shape index (κ3) is 6.59. The van der Waals surface area contributed by atoms with Crippen LogP contribution in [0.2, 0.25) is 0 Å². The van der Waals surface area contributed by atoms with Gasteiger partial charge >= 0.3 is 6.18 Å². The van der Waals surface area contributed by atoms with Crippen LogP contribution in [-0.2, 0) is 17.6 Å². The minimum absolute atomic E-state index is 0.0791. The van der Waals surface area contributed by atoms with Crippen LogP contribution >= 0.6 is 0 Å². The lowest BCUT2D eigenvalue weighted by molar-refractivity contribution is -0.140. The van der Waals surface area contributed by atoms with E-state index < -0.39 is 36.0 Å². The molecular weight excluding hydrogens is 524 g/mol. The summed E-state index contributed by atoms with van der Waals surface area (Å²) in [6, 6.07) is 10.5. The first kappa shape index (κ1) is 27.8. The zero-order valence-electron chi connectivity index (χ0n) is 20.8. The second-order valence-corrected chi connectivity index (χ2v) is 10.0. The average molecular weight is 553 g/mol. The van der Waals surface area contributed by atoms with Crippen LogP contribution in [0.3, 0.4) is 0 Å². The van der Waals surface area contributed by atoms with Gasteiger partial charge in [-0.25, -0.2) is 8.60 Å². The fraction of sp³-hybridized carbons (Fsp3) is 0.385. The van der Waals surface area contributed by atoms with Gasteiger partial charge in [0.15, 0.2) is 11.1 Å². The monoisotopic (exact) mass is 552 g/mol. The summed E-state index contributed by atoms with van der Waals surface area (Å²) in [6.45, 7) is -0.128. The van der Waals surface area contributed by atoms with E-state index in [2.05, 4.69) is 22.5 Å². The lowest BCUT2D eigenvalue weighted by Gasteiger charge is -2.33. The van der Waals surface area contributed by atoms with Crippen molar-refractivity contribution in [1.29, 1.82) is 0 Å². The molecule has 0 saturated carbocycles. The number of halogens is 4. The topological polar surface area (TPSA) is 78.8 Å². The average Bonchev–Trinajstić information content (AvgIpc) is 3.20. The molecule has 204 valence electrons. The quantitative estimate of drug-likeness (QED) is 0.224. The summed E-state index contributed by atoms with van der Waals surface area (Å²) >= 11 is -2.17. The summed E-state index contributed by atoms with van der Waals surface area (Å²) < 4.78 is 81.9. The Bertz CT molecular complexity index is 1380. The SMILES string of the molecule is COc1cc(S(=O)O)ccc1NCC#Cc1cc2c(N[C@@H]3CCN(C)C[C@H]3F)cccc2n1CC(F)(F)F. The Kier molecular flexibility index (Phi) is 8.50. The van der Waals surface area contributed by atoms with E-state index in [9.17, 15) is 26.3 Å². The van der Waals surface area contributed by atoms with Gasteiger partial charge in [-0.3, -0.25) is 0 Å². The van der Waals surface area contributed by atoms with E-state index in [1.54, 1.807) is 30.3 Å². The number of nitrogens with one attached hydrogen (secondary N) is 2. The summed E-state index contributed by atoms with van der Waals surface area (Å²) in [5.41, 5.74) is 1.60. The van der Waals surface area contributed by atoms with Crippen LogP contribution in [-0.4, -0.2) is 70.4 Å². The summed E-state index contributed by atoms with van der Waals surface area (Å²) in [6.07, 6.45) is -4.99. The van der Waals surface area contributed by atoms with Gasteiger partial charge in [0.1, 0.15) is 18.5 Å². The van der Waals surface area contributed by atoms with Crippen molar-refractivity contribution < 1.29 is 31.1 Å². The number of likely N-dealkylation sites (tertiary alicyclic amines) is 1. The maximum Gasteiger partial charge on any atom is 0.406 e. The number of benzene rings is 2. The molecule has 0 spiro atoms. The molecule has 2 aromatic carbocycles. The number of rotatable bonds is 7. The molecule has 3 aromatic rings. The summed E-state index contributed by atoms with van der Waals surface area (Å²) in [4.78, 5) is 2.07. The Hall–Kier alpha value is -3.27. The second-order valence-electron chi connectivity index (χ2n) is 9.05. The molecule has 3 atom stereocenters. The highest BCUT2D eigenvalue weighted by molar-refractivity contribution is 7.79. The van der Waals surface area contributed by atoms with Gasteiger partial charge in [0.25, 0.3) is 0 Å². The lowest BCUT2D eigenvalue weighted by Crippen LogP contribution is -2.46. The van der Waals surface area contributed by atoms with Gasteiger partial charge in [-0.2, -0.15) is 13.2 Å². The molecule has 0 bridgehead atoms. The molecule has 1 aromatic heterocycles. The smallest absolute Gasteiger partial charge is 0.406 e. The molecule has 1 fully saturated rings. The number of aromatic nitrogens is 1. The van der Waals surface area contributed by atoms with Gasteiger partial charge in [-0.15, -0.1) is 0 Å². The number of alkyl halides is 4. The summed E-state index contributed by atoms with van der Waals surface area (Å²) in [5.74, 6) is 5.99. The van der Waals surface area contributed by atoms with Crippen LogP contribution in [0.5, 0.6) is 5.75 Å². The molecular formula is C26H28F4N4O3S. The number of methoxy groups -OCH3 is 1. The van der Waals surface area contributed by atoms with Crippen LogP contribution < -0.4 is 15.4 Å². The van der Waals surface area contributed by atoms with E-state index in [0.717, 1.165) is 11.1 Å². The Balaban J connectivity index is 1.60. The van der Waals surface area contributed by atoms with Crippen molar-refractivity contribution in [2.75, 3.05) is 44.4 Å². The van der Waals surface area contributed by atoms with Crippen molar-refractivity contribution in [3.05, 3.63) is 48.2 Å². The molecule has 4 rings (SSSR count). The Labute approximate surface area is 220 Å². The van der Waals surface area contributed by atoms with Crippen LogP contribution in [0.15, 0.2) is 47.4 Å². The van der Waals surface area contributed by atoms with Crippen LogP contribution in [0.1, 0.15) is 12.1 Å². The van der Waals surface area contributed by atoms with Gasteiger partial charge in [0.2, 0.25) is 0 Å². The van der Waals surface area contributed by atoms with Crippen LogP contribution in [0, 0.1) is 11.8 Å². The maximum atomic E-state index is 14.6. The van der Waals surface area contributed by atoms with Crippen LogP contribution in [0.25, 0.3) is 10.9 Å². The Morgan fingerprint density at radius 1 is 1.21 bits per heavy atom. The van der Waals surface area contributed by atoms with E-state index in [0.29, 0.717) is 34.4 Å². The number of hydrogen-bond donors (Lipinski definition) is 3. The van der Waals surface area contributed by atoms with Crippen molar-refractivity contribution in [3.63, 3.8) is 0 Å². The summed E-state index contributed by atoms with van der Waals surface area (Å²) in [7, 11) is 3.26. The third-order valence-electron chi connectivity index (χ3n) is 6.33. The molecule has 1 aliphatic heterocycles. The second kappa shape index (κ2) is 11.6. The first-order valence-corrected chi connectivity index (χ1v) is 13.0. The summed E-state index contributed by atoms with van der Waals surface area (Å²) in [5, 5.41) is 6.75. The fourth-order valence-electron chi connectivity index (χ4n) is 4.48. The third-order valence-corrected chi connectivity index (χ3v) is 6.98. The Morgan fingerprint density at radius 2 is 2.00 bits per heavy atom. The van der Waals surface area contributed by atoms with Crippen molar-refractivity contribution in [1.82, 2.24) is 9.47 Å². The van der Waals surface area contributed by atoms with E-state index in [-0.39, 0.29) is 23.7 Å². The first-order chi connectivity index (χ1) is 18.1. The number of nitrogens with zero attached hydrogens (tertiary/aromatic N) is 2. The predicted molar refractivity (Wildman–Crippen MR) is 140 cm³/mol. The molecule has 12 heteroatoms. The van der Waals surface area contributed by atoms with Gasteiger partial charge in [0, 0.05) is 30.2 Å². The Morgan fingerprint density at radius 3 is 2.68 bits per heavy atom. The highest BCUT2D eigenvalue weighted by Gasteiger charge is 2.31. The van der Waals surface area contributed by atoms with Crippen molar-refractivity contribution in [3.8, 4) is 17.6 Å². The molecule has 38 heavy (non-hydrogen) atoms. The minimum Gasteiger partial charge on any atom is -0.495 e. The van der Waals surface area contributed by atoms with Gasteiger partial charge in [0.05, 0.1) is 41.5 Å². The number of fused-ring (bicyclic) bond motifs is 1. The fourth-order valence-corrected chi connectivity index (χ4v) is 4.88. The zero-order valence-corrected chi connectivity index (χ0v) is 21.6. The number of anilines is 2. The molecule has 0 radical (unpaired) electrons. The molecule has 1 saturated heterocycles. The first-order valence-electron chi connectivity index (χ1n) is 11.9. The van der Waals surface area contributed by atoms with Gasteiger partial charge < -0.3 is 29.4 Å². The van der Waals surface area contributed by atoms with Gasteiger partial charge in [-0.1, -0.05) is 12.0 Å². The highest BCUT2D eigenvalue weighted by Crippen LogP contribution is 2.32. The van der Waals surface area contributed by atoms with E-state index in [1.807, 2.05) is 11.9 Å². The number of hydrogen-bond acceptors (Lipinski definition) is 5. The van der Waals surface area contributed by atoms with Crippen molar-refractivity contribution >= 4 is 33.4 Å². The molecule has 0 aliphatic carbocycles. The zero-order chi connectivity index (χ0) is 27.4. The van der Waals surface area contributed by atoms with Crippen molar-refractivity contribution in [2.24, 2.45) is 0 Å². The molecule has 1 unspecified atom stereocenters. The van der Waals surface area contributed by atoms with E-state index in [4.69, 9.17) is 4.74 Å². The molecule has 1 aliphatic rings. The number of piperidine rings is 1. The van der Waals surface area contributed by atoms with Crippen LogP contribution in [0.4, 0.5) is 28.9 Å². The van der Waals surface area contributed by atoms with E-state index >= 15 is 0 Å². The molecule has 7 nitrogen and oxygen atoms in total. The maximum absolute atomic E-state index is 14.6. The number of ether oxygens (including phenoxy) is 1. The van der Waals surface area contributed by atoms with E-state index in [1.165, 1.54) is 19.2 Å². The molecule has 3 N–H and O–H groups in total. The standard InChI is InChI=1S/C26H28F4N4O3S/c1-33-12-10-22(20(27)15-33)32-21-6-3-7-24-19(21)13-17(34(24)16-26(28,29)30)5-4-11-31-23-9-8-18(38(35)36)14-25(23)37-2/h3,6-9,13-14,20,22,31-32H,10-12,15-16H2,1-2H3,(H,35,36)/t20-,22-/m1/s1. The van der Waals surface area contributed by atoms with Crippen molar-refractivity contribution in [2.45, 2.75) is 36.3 Å². The van der Waals surface area contributed by atoms with Gasteiger partial charge in [-0.05, 0) is 49.7 Å². The molecule has 2 heterocycles. The highest BCUT2D eigenvalue weighted by atomic mass is 32.2. The predicted octanol–water partition coefficient (Wildman–Crippen LogP) is 4.71. The minimum atomic E-state index is -4.47. The largest absolute Gasteiger partial charge is 0.495 e.